The van der Waals surface area contributed by atoms with E-state index < -0.39 is 12.8 Å². The quantitative estimate of drug-likeness (QED) is 0.411. The van der Waals surface area contributed by atoms with Crippen molar-refractivity contribution in [3.05, 3.63) is 42.5 Å². The molecule has 0 aliphatic carbocycles. The van der Waals surface area contributed by atoms with E-state index in [1.807, 2.05) is 0 Å². The van der Waals surface area contributed by atoms with Crippen molar-refractivity contribution >= 4 is 24.1 Å². The van der Waals surface area contributed by atoms with Crippen molar-refractivity contribution in [3.8, 4) is 5.75 Å². The summed E-state index contributed by atoms with van der Waals surface area (Å²) in [6.45, 7) is 2.31. The van der Waals surface area contributed by atoms with Gasteiger partial charge in [-0.15, -0.1) is 6.58 Å². The molecule has 0 amide bonds. The molecule has 0 radical (unpaired) electrons. The van der Waals surface area contributed by atoms with Gasteiger partial charge in [0, 0.05) is 5.75 Å². The van der Waals surface area contributed by atoms with Gasteiger partial charge in [0.15, 0.2) is 0 Å². The molecule has 0 bridgehead atoms. The first-order chi connectivity index (χ1) is 9.54. The molecule has 5 nitrogen and oxygen atoms in total. The zero-order chi connectivity index (χ0) is 15.0. The van der Waals surface area contributed by atoms with Crippen LogP contribution in [0.5, 0.6) is 5.75 Å². The topological polar surface area (TPSA) is 61.8 Å². The lowest BCUT2D eigenvalue weighted by atomic mass is 10.2. The van der Waals surface area contributed by atoms with Crippen molar-refractivity contribution in [2.24, 2.45) is 0 Å². The summed E-state index contributed by atoms with van der Waals surface area (Å²) in [7, 11) is 1.31. The van der Waals surface area contributed by atoms with Crippen LogP contribution in [0.2, 0.25) is 0 Å². The first kappa shape index (κ1) is 16.8. The molecular weight excluding hydrogens is 299 g/mol. The highest BCUT2D eigenvalue weighted by molar-refractivity contribution is 8.55. The van der Waals surface area contributed by atoms with E-state index in [1.165, 1.54) is 19.2 Å². The zero-order valence-electron chi connectivity index (χ0n) is 11.4. The number of carbonyl (C=O) groups excluding carboxylic acids is 1. The third kappa shape index (κ3) is 5.04. The second kappa shape index (κ2) is 8.15. The highest BCUT2D eigenvalue weighted by Gasteiger charge is 2.26. The largest absolute Gasteiger partial charge is 0.465 e. The van der Waals surface area contributed by atoms with Gasteiger partial charge in [-0.05, 0) is 42.6 Å². The molecule has 0 heterocycles. The minimum atomic E-state index is -3.27. The van der Waals surface area contributed by atoms with Crippen LogP contribution in [0.3, 0.4) is 0 Å². The average Bonchev–Trinajstić information content (AvgIpc) is 2.45. The summed E-state index contributed by atoms with van der Waals surface area (Å²) >= 11 is 1.06. The van der Waals surface area contributed by atoms with Gasteiger partial charge in [0.1, 0.15) is 5.75 Å². The highest BCUT2D eigenvalue weighted by atomic mass is 32.7. The number of carbonyl (C=O) groups is 1. The Hall–Kier alpha value is -1.23. The van der Waals surface area contributed by atoms with E-state index in [4.69, 9.17) is 9.05 Å². The van der Waals surface area contributed by atoms with Crippen LogP contribution in [0.1, 0.15) is 17.3 Å². The molecule has 7 heteroatoms. The number of hydrogen-bond acceptors (Lipinski definition) is 6. The molecule has 0 aromatic heterocycles. The lowest BCUT2D eigenvalue weighted by Crippen LogP contribution is -2.01. The van der Waals surface area contributed by atoms with E-state index in [9.17, 15) is 9.36 Å². The first-order valence-electron chi connectivity index (χ1n) is 5.92. The van der Waals surface area contributed by atoms with Crippen LogP contribution in [-0.4, -0.2) is 25.4 Å². The molecule has 0 aliphatic rings. The van der Waals surface area contributed by atoms with E-state index in [-0.39, 0.29) is 6.61 Å². The van der Waals surface area contributed by atoms with E-state index in [0.717, 1.165) is 11.4 Å². The van der Waals surface area contributed by atoms with Crippen LogP contribution < -0.4 is 4.52 Å². The van der Waals surface area contributed by atoms with Crippen LogP contribution in [-0.2, 0) is 13.8 Å². The van der Waals surface area contributed by atoms with Crippen molar-refractivity contribution < 1.29 is 23.1 Å². The molecule has 1 rings (SSSR count). The maximum Gasteiger partial charge on any atom is 0.440 e. The molecule has 1 aromatic carbocycles. The van der Waals surface area contributed by atoms with Crippen LogP contribution in [0.25, 0.3) is 0 Å². The Morgan fingerprint density at radius 2 is 2.05 bits per heavy atom. The van der Waals surface area contributed by atoms with E-state index in [0.29, 0.717) is 17.1 Å². The van der Waals surface area contributed by atoms with Gasteiger partial charge < -0.3 is 9.26 Å². The molecule has 1 unspecified atom stereocenters. The zero-order valence-corrected chi connectivity index (χ0v) is 13.1. The Morgan fingerprint density at radius 3 is 2.55 bits per heavy atom. The Labute approximate surface area is 122 Å². The maximum absolute atomic E-state index is 12.4. The van der Waals surface area contributed by atoms with Crippen LogP contribution in [0, 0.1) is 0 Å². The van der Waals surface area contributed by atoms with Crippen LogP contribution in [0.15, 0.2) is 36.9 Å². The van der Waals surface area contributed by atoms with Crippen LogP contribution >= 0.6 is 18.2 Å². The van der Waals surface area contributed by atoms with Gasteiger partial charge in [0.2, 0.25) is 0 Å². The summed E-state index contributed by atoms with van der Waals surface area (Å²) < 4.78 is 27.6. The summed E-state index contributed by atoms with van der Waals surface area (Å²) in [6.07, 6.45) is 1.63. The number of ether oxygens (including phenoxy) is 1. The fourth-order valence-corrected chi connectivity index (χ4v) is 4.28. The predicted octanol–water partition coefficient (Wildman–Crippen LogP) is 3.92. The molecule has 1 atom stereocenters. The standard InChI is InChI=1S/C13H17O5PS/c1-4-10-20-19(15,17-5-2)18-12-8-6-11(7-9-12)13(14)16-3/h4,6-9H,1,5,10H2,2-3H3. The SMILES string of the molecule is C=CCSP(=O)(OCC)Oc1ccc(C(=O)OC)cc1. The van der Waals surface area contributed by atoms with E-state index in [2.05, 4.69) is 11.3 Å². The summed E-state index contributed by atoms with van der Waals surface area (Å²) in [6, 6.07) is 6.17. The Balaban J connectivity index is 2.80. The van der Waals surface area contributed by atoms with Gasteiger partial charge >= 0.3 is 12.8 Å². The second-order valence-corrected chi connectivity index (χ2v) is 7.60. The fraction of sp³-hybridized carbons (Fsp3) is 0.308. The van der Waals surface area contributed by atoms with Gasteiger partial charge in [-0.1, -0.05) is 6.08 Å². The molecule has 0 spiro atoms. The van der Waals surface area contributed by atoms with Gasteiger partial charge in [0.25, 0.3) is 0 Å². The molecule has 20 heavy (non-hydrogen) atoms. The van der Waals surface area contributed by atoms with Crippen molar-refractivity contribution in [1.82, 2.24) is 0 Å². The molecule has 1 aromatic rings. The molecular formula is C13H17O5PS. The number of esters is 1. The predicted molar refractivity (Wildman–Crippen MR) is 80.3 cm³/mol. The minimum absolute atomic E-state index is 0.279. The second-order valence-electron chi connectivity index (χ2n) is 3.56. The third-order valence-corrected chi connectivity index (χ3v) is 5.78. The summed E-state index contributed by atoms with van der Waals surface area (Å²) in [4.78, 5) is 11.3. The minimum Gasteiger partial charge on any atom is -0.465 e. The third-order valence-electron chi connectivity index (χ3n) is 2.13. The lowest BCUT2D eigenvalue weighted by molar-refractivity contribution is 0.0600. The normalized spacial score (nSPS) is 13.3. The highest BCUT2D eigenvalue weighted by Crippen LogP contribution is 2.59. The number of hydrogen-bond donors (Lipinski definition) is 0. The summed E-state index contributed by atoms with van der Waals surface area (Å²) in [5.41, 5.74) is 0.393. The van der Waals surface area contributed by atoms with Crippen molar-refractivity contribution in [3.63, 3.8) is 0 Å². The molecule has 110 valence electrons. The van der Waals surface area contributed by atoms with Crippen molar-refractivity contribution in [2.75, 3.05) is 19.5 Å². The maximum atomic E-state index is 12.4. The van der Waals surface area contributed by atoms with Gasteiger partial charge in [-0.3, -0.25) is 4.52 Å². The Bertz CT molecular complexity index is 500. The molecule has 0 saturated heterocycles. The molecule has 0 fully saturated rings. The summed E-state index contributed by atoms with van der Waals surface area (Å²) in [5, 5.41) is 0. The van der Waals surface area contributed by atoms with Gasteiger partial charge in [-0.2, -0.15) is 0 Å². The molecule has 0 aliphatic heterocycles. The number of rotatable bonds is 8. The smallest absolute Gasteiger partial charge is 0.440 e. The fourth-order valence-electron chi connectivity index (χ4n) is 1.29. The van der Waals surface area contributed by atoms with Gasteiger partial charge in [0.05, 0.1) is 19.3 Å². The Morgan fingerprint density at radius 1 is 1.40 bits per heavy atom. The van der Waals surface area contributed by atoms with Crippen LogP contribution in [0.4, 0.5) is 0 Å². The van der Waals surface area contributed by atoms with E-state index in [1.54, 1.807) is 25.1 Å². The van der Waals surface area contributed by atoms with E-state index >= 15 is 0 Å². The molecule has 0 N–H and O–H groups in total. The van der Waals surface area contributed by atoms with Crippen molar-refractivity contribution in [1.29, 1.82) is 0 Å². The first-order valence-corrected chi connectivity index (χ1v) is 9.06. The monoisotopic (exact) mass is 316 g/mol. The van der Waals surface area contributed by atoms with Crippen molar-refractivity contribution in [2.45, 2.75) is 6.92 Å². The summed E-state index contributed by atoms with van der Waals surface area (Å²) in [5.74, 6) is 0.383. The average molecular weight is 316 g/mol. The Kier molecular flexibility index (Phi) is 6.85. The number of methoxy groups -OCH3 is 1. The lowest BCUT2D eigenvalue weighted by Gasteiger charge is -2.17. The number of benzene rings is 1. The molecule has 0 saturated carbocycles. The van der Waals surface area contributed by atoms with Gasteiger partial charge in [-0.25, -0.2) is 9.36 Å².